The van der Waals surface area contributed by atoms with Crippen LogP contribution in [0.2, 0.25) is 0 Å². The average Bonchev–Trinajstić information content (AvgIpc) is 3.17. The molecule has 4 rings (SSSR count). The van der Waals surface area contributed by atoms with Crippen LogP contribution in [0.1, 0.15) is 36.6 Å². The van der Waals surface area contributed by atoms with E-state index in [4.69, 9.17) is 4.74 Å². The molecule has 0 unspecified atom stereocenters. The number of hydrogen-bond donors (Lipinski definition) is 1. The predicted octanol–water partition coefficient (Wildman–Crippen LogP) is 5.09. The van der Waals surface area contributed by atoms with E-state index in [1.165, 1.54) is 11.3 Å². The van der Waals surface area contributed by atoms with Crippen molar-refractivity contribution in [3.8, 4) is 5.75 Å². The van der Waals surface area contributed by atoms with Crippen LogP contribution in [-0.2, 0) is 14.6 Å². The van der Waals surface area contributed by atoms with Gasteiger partial charge in [0.15, 0.2) is 0 Å². The van der Waals surface area contributed by atoms with Crippen molar-refractivity contribution in [1.29, 1.82) is 0 Å². The summed E-state index contributed by atoms with van der Waals surface area (Å²) >= 11 is 1.37. The number of sulfone groups is 1. The number of rotatable bonds is 6. The van der Waals surface area contributed by atoms with E-state index in [1.807, 2.05) is 24.3 Å². The van der Waals surface area contributed by atoms with Crippen LogP contribution in [0.15, 0.2) is 69.8 Å². The molecule has 2 aromatic carbocycles. The standard InChI is InChI=1S/C23H23NO4S2/c1-15(2)13-28-17-10-8-16(9-11-17)19-12-21(25)24-22-20(14-29-23(19)22)30(26,27)18-6-4-3-5-7-18/h3-11,14-15,19H,12-13H2,1-2H3,(H,24,25)/t19-/m1/s1. The van der Waals surface area contributed by atoms with Crippen molar-refractivity contribution >= 4 is 32.8 Å². The maximum atomic E-state index is 13.1. The van der Waals surface area contributed by atoms with Crippen LogP contribution < -0.4 is 10.1 Å². The summed E-state index contributed by atoms with van der Waals surface area (Å²) in [6, 6.07) is 16.0. The van der Waals surface area contributed by atoms with Gasteiger partial charge in [-0.05, 0) is 35.7 Å². The third-order valence-corrected chi connectivity index (χ3v) is 8.00. The molecule has 1 aliphatic heterocycles. The summed E-state index contributed by atoms with van der Waals surface area (Å²) in [4.78, 5) is 13.7. The van der Waals surface area contributed by atoms with Gasteiger partial charge < -0.3 is 10.1 Å². The highest BCUT2D eigenvalue weighted by Gasteiger charge is 2.34. The van der Waals surface area contributed by atoms with Gasteiger partial charge in [-0.25, -0.2) is 8.42 Å². The molecule has 0 aliphatic carbocycles. The normalized spacial score (nSPS) is 16.2. The number of hydrogen-bond acceptors (Lipinski definition) is 5. The molecule has 0 bridgehead atoms. The van der Waals surface area contributed by atoms with E-state index in [0.29, 0.717) is 18.2 Å². The van der Waals surface area contributed by atoms with E-state index in [1.54, 1.807) is 35.7 Å². The SMILES string of the molecule is CC(C)COc1ccc([C@H]2CC(=O)Nc3c(S(=O)(=O)c4ccccc4)csc32)cc1. The first-order chi connectivity index (χ1) is 14.4. The Morgan fingerprint density at radius 3 is 2.47 bits per heavy atom. The maximum Gasteiger partial charge on any atom is 0.225 e. The van der Waals surface area contributed by atoms with Crippen LogP contribution in [0.4, 0.5) is 5.69 Å². The fourth-order valence-corrected chi connectivity index (χ4v) is 6.39. The quantitative estimate of drug-likeness (QED) is 0.578. The summed E-state index contributed by atoms with van der Waals surface area (Å²) in [7, 11) is -3.71. The number of anilines is 1. The monoisotopic (exact) mass is 441 g/mol. The Morgan fingerprint density at radius 1 is 1.10 bits per heavy atom. The summed E-state index contributed by atoms with van der Waals surface area (Å²) in [6.45, 7) is 4.82. The van der Waals surface area contributed by atoms with Crippen molar-refractivity contribution in [2.45, 2.75) is 36.0 Å². The average molecular weight is 442 g/mol. The van der Waals surface area contributed by atoms with Crippen LogP contribution in [-0.4, -0.2) is 20.9 Å². The van der Waals surface area contributed by atoms with E-state index in [9.17, 15) is 13.2 Å². The van der Waals surface area contributed by atoms with Crippen LogP contribution in [0.5, 0.6) is 5.75 Å². The first kappa shape index (κ1) is 20.6. The van der Waals surface area contributed by atoms with Gasteiger partial charge in [0.25, 0.3) is 0 Å². The van der Waals surface area contributed by atoms with Crippen molar-refractivity contribution in [3.05, 3.63) is 70.4 Å². The number of amides is 1. The van der Waals surface area contributed by atoms with Crippen LogP contribution in [0, 0.1) is 5.92 Å². The predicted molar refractivity (Wildman–Crippen MR) is 118 cm³/mol. The highest BCUT2D eigenvalue weighted by Crippen LogP contribution is 2.46. The number of fused-ring (bicyclic) bond motifs is 1. The summed E-state index contributed by atoms with van der Waals surface area (Å²) in [6.07, 6.45) is 0.282. The minimum atomic E-state index is -3.71. The fraction of sp³-hybridized carbons (Fsp3) is 0.261. The lowest BCUT2D eigenvalue weighted by Crippen LogP contribution is -2.23. The van der Waals surface area contributed by atoms with Gasteiger partial charge in [0, 0.05) is 22.6 Å². The second-order valence-corrected chi connectivity index (χ2v) is 10.6. The lowest BCUT2D eigenvalue weighted by atomic mass is 9.90. The first-order valence-corrected chi connectivity index (χ1v) is 12.2. The second-order valence-electron chi connectivity index (χ2n) is 7.73. The van der Waals surface area contributed by atoms with Gasteiger partial charge in [-0.2, -0.15) is 0 Å². The summed E-state index contributed by atoms with van der Waals surface area (Å²) < 4.78 is 32.0. The molecule has 5 nitrogen and oxygen atoms in total. The number of nitrogens with one attached hydrogen (secondary N) is 1. The largest absolute Gasteiger partial charge is 0.493 e. The third-order valence-electron chi connectivity index (χ3n) is 4.96. The topological polar surface area (TPSA) is 72.5 Å². The Balaban J connectivity index is 1.68. The molecule has 3 aromatic rings. The fourth-order valence-electron chi connectivity index (χ4n) is 3.46. The molecule has 0 radical (unpaired) electrons. The van der Waals surface area contributed by atoms with Crippen molar-refractivity contribution < 1.29 is 17.9 Å². The molecular formula is C23H23NO4S2. The smallest absolute Gasteiger partial charge is 0.225 e. The third kappa shape index (κ3) is 4.00. The maximum absolute atomic E-state index is 13.1. The number of benzene rings is 2. The molecule has 156 valence electrons. The molecule has 0 saturated carbocycles. The number of thiophene rings is 1. The van der Waals surface area contributed by atoms with Crippen LogP contribution in [0.3, 0.4) is 0 Å². The van der Waals surface area contributed by atoms with E-state index in [0.717, 1.165) is 16.2 Å². The zero-order chi connectivity index (χ0) is 21.3. The van der Waals surface area contributed by atoms with Gasteiger partial charge >= 0.3 is 0 Å². The van der Waals surface area contributed by atoms with Gasteiger partial charge in [0.2, 0.25) is 15.7 Å². The highest BCUT2D eigenvalue weighted by molar-refractivity contribution is 7.91. The molecule has 1 aromatic heterocycles. The molecule has 1 atom stereocenters. The van der Waals surface area contributed by atoms with Crippen LogP contribution >= 0.6 is 11.3 Å². The highest BCUT2D eigenvalue weighted by atomic mass is 32.2. The minimum Gasteiger partial charge on any atom is -0.493 e. The van der Waals surface area contributed by atoms with Gasteiger partial charge in [0.05, 0.1) is 17.2 Å². The summed E-state index contributed by atoms with van der Waals surface area (Å²) in [5, 5.41) is 4.43. The van der Waals surface area contributed by atoms with Crippen molar-refractivity contribution in [2.24, 2.45) is 5.92 Å². The molecule has 2 heterocycles. The molecular weight excluding hydrogens is 418 g/mol. The molecule has 1 aliphatic rings. The molecule has 0 spiro atoms. The van der Waals surface area contributed by atoms with Gasteiger partial charge in [0.1, 0.15) is 10.6 Å². The Hall–Kier alpha value is -2.64. The van der Waals surface area contributed by atoms with Gasteiger partial charge in [-0.1, -0.05) is 44.2 Å². The van der Waals surface area contributed by atoms with Crippen LogP contribution in [0.25, 0.3) is 0 Å². The molecule has 0 saturated heterocycles. The summed E-state index contributed by atoms with van der Waals surface area (Å²) in [5.74, 6) is 0.852. The zero-order valence-electron chi connectivity index (χ0n) is 16.8. The van der Waals surface area contributed by atoms with E-state index < -0.39 is 9.84 Å². The Morgan fingerprint density at radius 2 is 1.80 bits per heavy atom. The van der Waals surface area contributed by atoms with Crippen molar-refractivity contribution in [3.63, 3.8) is 0 Å². The molecule has 0 fully saturated rings. The number of ether oxygens (including phenoxy) is 1. The lowest BCUT2D eigenvalue weighted by molar-refractivity contribution is -0.116. The zero-order valence-corrected chi connectivity index (χ0v) is 18.4. The van der Waals surface area contributed by atoms with E-state index in [-0.39, 0.29) is 28.0 Å². The van der Waals surface area contributed by atoms with Crippen molar-refractivity contribution in [1.82, 2.24) is 0 Å². The van der Waals surface area contributed by atoms with E-state index in [2.05, 4.69) is 19.2 Å². The minimum absolute atomic E-state index is 0.156. The Bertz CT molecular complexity index is 1150. The van der Waals surface area contributed by atoms with Crippen molar-refractivity contribution in [2.75, 3.05) is 11.9 Å². The van der Waals surface area contributed by atoms with E-state index >= 15 is 0 Å². The number of carbonyl (C=O) groups excluding carboxylic acids is 1. The Kier molecular flexibility index (Phi) is 5.66. The van der Waals surface area contributed by atoms with Gasteiger partial charge in [-0.3, -0.25) is 4.79 Å². The Labute approximate surface area is 180 Å². The second kappa shape index (κ2) is 8.24. The molecule has 1 amide bonds. The lowest BCUT2D eigenvalue weighted by Gasteiger charge is -2.24. The van der Waals surface area contributed by atoms with Gasteiger partial charge in [-0.15, -0.1) is 11.3 Å². The molecule has 7 heteroatoms. The first-order valence-electron chi connectivity index (χ1n) is 9.80. The molecule has 30 heavy (non-hydrogen) atoms. The summed E-state index contributed by atoms with van der Waals surface area (Å²) in [5.41, 5.74) is 1.37. The number of carbonyl (C=O) groups is 1. The molecule has 1 N–H and O–H groups in total.